The zero-order chi connectivity index (χ0) is 23.6. The summed E-state index contributed by atoms with van der Waals surface area (Å²) in [5.41, 5.74) is 2.16. The van der Waals surface area contributed by atoms with Crippen LogP contribution in [0.1, 0.15) is 31.8 Å². The van der Waals surface area contributed by atoms with E-state index in [1.807, 2.05) is 25.1 Å². The second-order valence-corrected chi connectivity index (χ2v) is 6.03. The van der Waals surface area contributed by atoms with E-state index in [2.05, 4.69) is 0 Å². The van der Waals surface area contributed by atoms with Crippen LogP contribution in [0, 0.1) is 32.0 Å². The monoisotopic (exact) mass is 334 g/mol. The average Bonchev–Trinajstić information content (AvgIpc) is 3.06. The third kappa shape index (κ3) is 2.22. The van der Waals surface area contributed by atoms with Gasteiger partial charge in [-0.2, -0.15) is 5.26 Å². The van der Waals surface area contributed by atoms with Gasteiger partial charge in [-0.15, -0.1) is 0 Å². The van der Waals surface area contributed by atoms with Gasteiger partial charge in [0.25, 0.3) is 0 Å². The lowest BCUT2D eigenvalue weighted by Crippen LogP contribution is -2.30. The highest BCUT2D eigenvalue weighted by atomic mass is 16.3. The highest BCUT2D eigenvalue weighted by Gasteiger charge is 2.21. The van der Waals surface area contributed by atoms with Crippen LogP contribution in [-0.4, -0.2) is 0 Å². The van der Waals surface area contributed by atoms with Crippen molar-refractivity contribution in [2.75, 3.05) is 0 Å². The number of hydrogen-bond acceptors (Lipinski definition) is 2. The first-order valence-electron chi connectivity index (χ1n) is 11.3. The van der Waals surface area contributed by atoms with Crippen molar-refractivity contribution in [2.45, 2.75) is 20.6 Å². The highest BCUT2D eigenvalue weighted by molar-refractivity contribution is 6.10. The number of nitrogens with zero attached hydrogens (tertiary/aromatic N) is 2. The Labute approximate surface area is 156 Å². The first-order valence-corrected chi connectivity index (χ1v) is 7.75. The van der Waals surface area contributed by atoms with E-state index in [4.69, 9.17) is 14.0 Å². The number of pyridine rings is 1. The number of hydrogen-bond donors (Lipinski definition) is 0. The molecule has 0 spiro atoms. The van der Waals surface area contributed by atoms with Gasteiger partial charge in [-0.1, -0.05) is 12.1 Å². The standard InChI is InChI=1S/C22H19N2O/c1-13-9-10-24(4)19(11-13)20-14(2)5-7-18-17-8-6-16(12-23)15(3)21(17)25-22(18)20/h5-11H,1-4H3/q+1/i1D3,3D3,10D. The van der Waals surface area contributed by atoms with E-state index in [0.717, 1.165) is 5.56 Å². The number of furan rings is 1. The number of nitriles is 1. The van der Waals surface area contributed by atoms with Crippen molar-refractivity contribution < 1.29 is 18.6 Å². The molecule has 25 heavy (non-hydrogen) atoms. The highest BCUT2D eigenvalue weighted by Crippen LogP contribution is 2.38. The lowest BCUT2D eigenvalue weighted by atomic mass is 9.99. The molecule has 0 fully saturated rings. The van der Waals surface area contributed by atoms with E-state index in [0.29, 0.717) is 27.6 Å². The summed E-state index contributed by atoms with van der Waals surface area (Å²) < 4.78 is 63.0. The van der Waals surface area contributed by atoms with Crippen LogP contribution < -0.4 is 4.57 Å². The minimum absolute atomic E-state index is 0.0103. The minimum Gasteiger partial charge on any atom is -0.455 e. The summed E-state index contributed by atoms with van der Waals surface area (Å²) in [5, 5.41) is 10.6. The molecule has 0 unspecified atom stereocenters. The van der Waals surface area contributed by atoms with Crippen molar-refractivity contribution in [3.8, 4) is 17.3 Å². The fourth-order valence-electron chi connectivity index (χ4n) is 3.18. The summed E-state index contributed by atoms with van der Waals surface area (Å²) >= 11 is 0. The van der Waals surface area contributed by atoms with Crippen molar-refractivity contribution in [1.82, 2.24) is 0 Å². The average molecular weight is 334 g/mol. The molecule has 0 bridgehead atoms. The molecule has 122 valence electrons. The maximum Gasteiger partial charge on any atom is 0.216 e. The fourth-order valence-corrected chi connectivity index (χ4v) is 3.18. The fraction of sp³-hybridized carbons (Fsp3) is 0.182. The molecule has 0 aliphatic carbocycles. The molecular formula is C22H19N2O+. The van der Waals surface area contributed by atoms with Crippen LogP contribution in [-0.2, 0) is 7.05 Å². The van der Waals surface area contributed by atoms with Crippen LogP contribution in [0.15, 0.2) is 47.0 Å². The van der Waals surface area contributed by atoms with Gasteiger partial charge in [-0.3, -0.25) is 0 Å². The SMILES string of the molecule is [2H]c1cc(C([2H])([2H])[2H])cc(-c2c(C)ccc3c2oc2c(C([2H])([2H])[2H])c(C#N)ccc23)[n+]1C. The number of benzene rings is 2. The molecule has 3 nitrogen and oxygen atoms in total. The summed E-state index contributed by atoms with van der Waals surface area (Å²) in [5.74, 6) is 0. The van der Waals surface area contributed by atoms with Gasteiger partial charge in [0, 0.05) is 36.7 Å². The van der Waals surface area contributed by atoms with Crippen molar-refractivity contribution >= 4 is 21.9 Å². The lowest BCUT2D eigenvalue weighted by molar-refractivity contribution is -0.660. The van der Waals surface area contributed by atoms with E-state index in [-0.39, 0.29) is 28.4 Å². The van der Waals surface area contributed by atoms with Gasteiger partial charge >= 0.3 is 0 Å². The predicted molar refractivity (Wildman–Crippen MR) is 99.3 cm³/mol. The van der Waals surface area contributed by atoms with Crippen molar-refractivity contribution in [3.63, 3.8) is 0 Å². The summed E-state index contributed by atoms with van der Waals surface area (Å²) in [6.45, 7) is -3.13. The molecule has 2 aromatic heterocycles. The van der Waals surface area contributed by atoms with Crippen molar-refractivity contribution in [3.05, 3.63) is 64.8 Å². The Hall–Kier alpha value is -3.12. The smallest absolute Gasteiger partial charge is 0.216 e. The van der Waals surface area contributed by atoms with Gasteiger partial charge in [-0.05, 0) is 43.9 Å². The molecule has 0 atom stereocenters. The quantitative estimate of drug-likeness (QED) is 0.466. The minimum atomic E-state index is -2.56. The molecule has 0 amide bonds. The predicted octanol–water partition coefficient (Wildman–Crippen LogP) is 4.87. The molecule has 4 aromatic rings. The molecule has 3 heteroatoms. The Kier molecular flexibility index (Phi) is 2.05. The first kappa shape index (κ1) is 9.39. The molecule has 0 radical (unpaired) electrons. The molecule has 0 saturated heterocycles. The van der Waals surface area contributed by atoms with Gasteiger partial charge in [0.05, 0.1) is 17.2 Å². The van der Waals surface area contributed by atoms with Gasteiger partial charge in [0.1, 0.15) is 19.6 Å². The van der Waals surface area contributed by atoms with Crippen molar-refractivity contribution in [2.24, 2.45) is 7.05 Å². The molecular weight excluding hydrogens is 308 g/mol. The second-order valence-electron chi connectivity index (χ2n) is 6.03. The van der Waals surface area contributed by atoms with E-state index >= 15 is 0 Å². The van der Waals surface area contributed by atoms with Gasteiger partial charge in [0.2, 0.25) is 5.69 Å². The maximum absolute atomic E-state index is 9.45. The van der Waals surface area contributed by atoms with E-state index in [1.54, 1.807) is 17.7 Å². The molecule has 0 saturated carbocycles. The van der Waals surface area contributed by atoms with Gasteiger partial charge < -0.3 is 4.42 Å². The normalized spacial score (nSPS) is 16.3. The Morgan fingerprint density at radius 1 is 1.12 bits per heavy atom. The van der Waals surface area contributed by atoms with Gasteiger partial charge in [-0.25, -0.2) is 4.57 Å². The molecule has 0 aliphatic heterocycles. The first-order chi connectivity index (χ1) is 14.8. The lowest BCUT2D eigenvalue weighted by Gasteiger charge is -2.06. The maximum atomic E-state index is 9.45. The molecule has 4 rings (SSSR count). The van der Waals surface area contributed by atoms with Crippen molar-refractivity contribution in [1.29, 1.82) is 5.26 Å². The molecule has 0 N–H and O–H groups in total. The van der Waals surface area contributed by atoms with E-state index in [1.165, 1.54) is 18.2 Å². The number of rotatable bonds is 1. The summed E-state index contributed by atoms with van der Waals surface area (Å²) in [4.78, 5) is 0. The van der Waals surface area contributed by atoms with Crippen LogP contribution in [0.25, 0.3) is 33.2 Å². The number of aryl methyl sites for hydroxylation is 3. The Morgan fingerprint density at radius 3 is 2.68 bits per heavy atom. The second kappa shape index (κ2) is 5.46. The molecule has 0 aliphatic rings. The third-order valence-corrected chi connectivity index (χ3v) is 4.46. The van der Waals surface area contributed by atoms with Crippen LogP contribution in [0.3, 0.4) is 0 Å². The van der Waals surface area contributed by atoms with Crippen LogP contribution >= 0.6 is 0 Å². The molecule has 2 aromatic carbocycles. The Balaban J connectivity index is 2.17. The summed E-state index contributed by atoms with van der Waals surface area (Å²) in [6.07, 6.45) is 0.0103. The van der Waals surface area contributed by atoms with Gasteiger partial charge in [0.15, 0.2) is 6.17 Å². The topological polar surface area (TPSA) is 40.8 Å². The third-order valence-electron chi connectivity index (χ3n) is 4.46. The Morgan fingerprint density at radius 2 is 1.92 bits per heavy atom. The largest absolute Gasteiger partial charge is 0.455 e. The number of aromatic nitrogens is 1. The Bertz CT molecular complexity index is 1440. The summed E-state index contributed by atoms with van der Waals surface area (Å²) in [7, 11) is 1.66. The van der Waals surface area contributed by atoms with E-state index < -0.39 is 13.7 Å². The van der Waals surface area contributed by atoms with Crippen LogP contribution in [0.5, 0.6) is 0 Å². The molecule has 2 heterocycles. The van der Waals surface area contributed by atoms with Crippen LogP contribution in [0.4, 0.5) is 0 Å². The zero-order valence-corrected chi connectivity index (χ0v) is 13.8. The van der Waals surface area contributed by atoms with E-state index in [9.17, 15) is 5.26 Å². The van der Waals surface area contributed by atoms with Crippen LogP contribution in [0.2, 0.25) is 0 Å². The zero-order valence-electron chi connectivity index (χ0n) is 20.8. The summed E-state index contributed by atoms with van der Waals surface area (Å²) in [6, 6.07) is 11.5. The number of fused-ring (bicyclic) bond motifs is 3.